The number of aromatic hydroxyl groups is 1. The van der Waals surface area contributed by atoms with Crippen molar-refractivity contribution >= 4 is 5.91 Å². The highest BCUT2D eigenvalue weighted by atomic mass is 16.3. The van der Waals surface area contributed by atoms with Gasteiger partial charge in [-0.15, -0.1) is 0 Å². The minimum Gasteiger partial charge on any atom is -0.505 e. The van der Waals surface area contributed by atoms with Crippen LogP contribution in [-0.2, 0) is 6.54 Å². The molecule has 1 amide bonds. The number of hydrogen-bond donors (Lipinski definition) is 1. The Kier molecular flexibility index (Phi) is 4.13. The maximum Gasteiger partial charge on any atom is 0.276 e. The van der Waals surface area contributed by atoms with Crippen molar-refractivity contribution in [3.8, 4) is 5.75 Å². The van der Waals surface area contributed by atoms with Crippen LogP contribution in [0.2, 0.25) is 0 Å². The molecule has 0 saturated carbocycles. The van der Waals surface area contributed by atoms with Crippen LogP contribution in [0.4, 0.5) is 0 Å². The third kappa shape index (κ3) is 3.10. The predicted octanol–water partition coefficient (Wildman–Crippen LogP) is 2.45. The second kappa shape index (κ2) is 6.00. The number of benzene rings is 1. The summed E-state index contributed by atoms with van der Waals surface area (Å²) in [5, 5.41) is 9.68. The molecule has 1 N–H and O–H groups in total. The van der Waals surface area contributed by atoms with Gasteiger partial charge in [-0.05, 0) is 24.6 Å². The van der Waals surface area contributed by atoms with Crippen LogP contribution in [0.3, 0.4) is 0 Å². The average Bonchev–Trinajstić information content (AvgIpc) is 2.46. The van der Waals surface area contributed by atoms with E-state index in [1.165, 1.54) is 12.3 Å². The van der Waals surface area contributed by atoms with Gasteiger partial charge < -0.3 is 10.0 Å². The van der Waals surface area contributed by atoms with Crippen LogP contribution >= 0.6 is 0 Å². The van der Waals surface area contributed by atoms with E-state index in [0.717, 1.165) is 5.56 Å². The van der Waals surface area contributed by atoms with Crippen molar-refractivity contribution < 1.29 is 9.90 Å². The number of pyridine rings is 1. The molecular weight excluding hydrogens is 240 g/mol. The molecule has 4 heteroatoms. The van der Waals surface area contributed by atoms with Crippen molar-refractivity contribution in [3.05, 3.63) is 59.9 Å². The third-order valence-corrected chi connectivity index (χ3v) is 2.87. The van der Waals surface area contributed by atoms with E-state index in [-0.39, 0.29) is 17.4 Å². The summed E-state index contributed by atoms with van der Waals surface area (Å²) < 4.78 is 0. The number of rotatable bonds is 4. The number of carbonyl (C=O) groups is 1. The van der Waals surface area contributed by atoms with Crippen LogP contribution in [0.25, 0.3) is 0 Å². The lowest BCUT2D eigenvalue weighted by Crippen LogP contribution is -2.31. The number of carbonyl (C=O) groups excluding carboxylic acids is 1. The monoisotopic (exact) mass is 256 g/mol. The van der Waals surface area contributed by atoms with Gasteiger partial charge in [0.05, 0.1) is 0 Å². The molecule has 98 valence electrons. The summed E-state index contributed by atoms with van der Waals surface area (Å²) in [6.07, 6.45) is 1.50. The minimum absolute atomic E-state index is 0.0842. The van der Waals surface area contributed by atoms with Gasteiger partial charge in [-0.25, -0.2) is 4.98 Å². The third-order valence-electron chi connectivity index (χ3n) is 2.87. The van der Waals surface area contributed by atoms with Gasteiger partial charge in [0.1, 0.15) is 5.75 Å². The summed E-state index contributed by atoms with van der Waals surface area (Å²) in [5.74, 6) is -0.344. The molecule has 1 aromatic heterocycles. The Morgan fingerprint density at radius 1 is 1.21 bits per heavy atom. The molecule has 2 aromatic rings. The molecule has 0 unspecified atom stereocenters. The standard InChI is InChI=1S/C15H16N2O2/c1-2-17(11-12-7-4-3-5-8-12)15(19)14-13(18)9-6-10-16-14/h3-10,18H,2,11H2,1H3. The van der Waals surface area contributed by atoms with E-state index in [1.807, 2.05) is 37.3 Å². The smallest absolute Gasteiger partial charge is 0.276 e. The van der Waals surface area contributed by atoms with E-state index in [4.69, 9.17) is 0 Å². The largest absolute Gasteiger partial charge is 0.505 e. The van der Waals surface area contributed by atoms with E-state index in [0.29, 0.717) is 13.1 Å². The predicted molar refractivity (Wildman–Crippen MR) is 72.8 cm³/mol. The van der Waals surface area contributed by atoms with E-state index in [1.54, 1.807) is 11.0 Å². The van der Waals surface area contributed by atoms with Gasteiger partial charge in [-0.1, -0.05) is 30.3 Å². The van der Waals surface area contributed by atoms with Crippen LogP contribution < -0.4 is 0 Å². The fraction of sp³-hybridized carbons (Fsp3) is 0.200. The van der Waals surface area contributed by atoms with E-state index < -0.39 is 0 Å². The van der Waals surface area contributed by atoms with Crippen LogP contribution in [-0.4, -0.2) is 27.4 Å². The second-order valence-corrected chi connectivity index (χ2v) is 4.18. The van der Waals surface area contributed by atoms with Gasteiger partial charge in [-0.2, -0.15) is 0 Å². The van der Waals surface area contributed by atoms with Crippen molar-refractivity contribution in [3.63, 3.8) is 0 Å². The summed E-state index contributed by atoms with van der Waals surface area (Å²) in [5.41, 5.74) is 1.15. The number of amides is 1. The Labute approximate surface area is 112 Å². The molecule has 0 fully saturated rings. The van der Waals surface area contributed by atoms with Crippen molar-refractivity contribution in [2.24, 2.45) is 0 Å². The molecule has 1 aromatic carbocycles. The van der Waals surface area contributed by atoms with Crippen molar-refractivity contribution in [1.29, 1.82) is 0 Å². The van der Waals surface area contributed by atoms with Crippen molar-refractivity contribution in [2.45, 2.75) is 13.5 Å². The minimum atomic E-state index is -0.260. The zero-order valence-corrected chi connectivity index (χ0v) is 10.8. The molecular formula is C15H16N2O2. The molecule has 0 aliphatic heterocycles. The molecule has 0 radical (unpaired) electrons. The number of nitrogens with zero attached hydrogens (tertiary/aromatic N) is 2. The normalized spacial score (nSPS) is 10.2. The van der Waals surface area contributed by atoms with E-state index >= 15 is 0 Å². The fourth-order valence-electron chi connectivity index (χ4n) is 1.84. The van der Waals surface area contributed by atoms with Gasteiger partial charge in [0.25, 0.3) is 5.91 Å². The first kappa shape index (κ1) is 13.1. The molecule has 19 heavy (non-hydrogen) atoms. The number of aromatic nitrogens is 1. The van der Waals surface area contributed by atoms with Crippen LogP contribution in [0.1, 0.15) is 23.0 Å². The highest BCUT2D eigenvalue weighted by molar-refractivity contribution is 5.94. The molecule has 0 aliphatic carbocycles. The highest BCUT2D eigenvalue weighted by Crippen LogP contribution is 2.16. The van der Waals surface area contributed by atoms with Crippen molar-refractivity contribution in [2.75, 3.05) is 6.54 Å². The summed E-state index contributed by atoms with van der Waals surface area (Å²) in [7, 11) is 0. The first-order valence-corrected chi connectivity index (χ1v) is 6.19. The lowest BCUT2D eigenvalue weighted by molar-refractivity contribution is 0.0743. The van der Waals surface area contributed by atoms with Gasteiger partial charge in [0.2, 0.25) is 0 Å². The topological polar surface area (TPSA) is 53.4 Å². The summed E-state index contributed by atoms with van der Waals surface area (Å²) in [6, 6.07) is 12.8. The second-order valence-electron chi connectivity index (χ2n) is 4.18. The Bertz CT molecular complexity index is 555. The average molecular weight is 256 g/mol. The Morgan fingerprint density at radius 3 is 2.58 bits per heavy atom. The maximum absolute atomic E-state index is 12.3. The summed E-state index contributed by atoms with van der Waals surface area (Å²) >= 11 is 0. The Morgan fingerprint density at radius 2 is 1.95 bits per heavy atom. The quantitative estimate of drug-likeness (QED) is 0.914. The highest BCUT2D eigenvalue weighted by Gasteiger charge is 2.18. The molecule has 0 spiro atoms. The lowest BCUT2D eigenvalue weighted by atomic mass is 10.2. The Hall–Kier alpha value is -2.36. The van der Waals surface area contributed by atoms with Crippen LogP contribution in [0, 0.1) is 0 Å². The van der Waals surface area contributed by atoms with E-state index in [2.05, 4.69) is 4.98 Å². The van der Waals surface area contributed by atoms with Gasteiger partial charge in [-0.3, -0.25) is 4.79 Å². The lowest BCUT2D eigenvalue weighted by Gasteiger charge is -2.20. The molecule has 0 atom stereocenters. The van der Waals surface area contributed by atoms with Crippen LogP contribution in [0.15, 0.2) is 48.7 Å². The van der Waals surface area contributed by atoms with E-state index in [9.17, 15) is 9.90 Å². The molecule has 2 rings (SSSR count). The molecule has 0 bridgehead atoms. The molecule has 4 nitrogen and oxygen atoms in total. The zero-order valence-electron chi connectivity index (χ0n) is 10.8. The van der Waals surface area contributed by atoms with Gasteiger partial charge >= 0.3 is 0 Å². The summed E-state index contributed by atoms with van der Waals surface area (Å²) in [6.45, 7) is 2.97. The molecule has 0 aliphatic rings. The first-order valence-electron chi connectivity index (χ1n) is 6.19. The number of hydrogen-bond acceptors (Lipinski definition) is 3. The fourth-order valence-corrected chi connectivity index (χ4v) is 1.84. The Balaban J connectivity index is 2.18. The molecule has 0 saturated heterocycles. The van der Waals surface area contributed by atoms with Gasteiger partial charge in [0, 0.05) is 19.3 Å². The summed E-state index contributed by atoms with van der Waals surface area (Å²) in [4.78, 5) is 17.9. The first-order chi connectivity index (χ1) is 9.22. The molecule has 1 heterocycles. The van der Waals surface area contributed by atoms with Gasteiger partial charge in [0.15, 0.2) is 5.69 Å². The van der Waals surface area contributed by atoms with Crippen LogP contribution in [0.5, 0.6) is 5.75 Å². The zero-order chi connectivity index (χ0) is 13.7. The van der Waals surface area contributed by atoms with Crippen molar-refractivity contribution in [1.82, 2.24) is 9.88 Å². The SMILES string of the molecule is CCN(Cc1ccccc1)C(=O)c1ncccc1O. The maximum atomic E-state index is 12.3.